The summed E-state index contributed by atoms with van der Waals surface area (Å²) in [6.45, 7) is 1.81. The molecule has 0 bridgehead atoms. The van der Waals surface area contributed by atoms with Crippen molar-refractivity contribution >= 4 is 33.2 Å². The molecule has 1 aromatic rings. The second-order valence-corrected chi connectivity index (χ2v) is 4.21. The van der Waals surface area contributed by atoms with Crippen LogP contribution >= 0.6 is 27.5 Å². The van der Waals surface area contributed by atoms with Gasteiger partial charge in [-0.05, 0) is 41.1 Å². The summed E-state index contributed by atoms with van der Waals surface area (Å²) < 4.78 is 0.964. The summed E-state index contributed by atoms with van der Waals surface area (Å²) in [5.74, 6) is 5.67. The molecule has 0 amide bonds. The van der Waals surface area contributed by atoms with Gasteiger partial charge in [-0.2, -0.15) is 0 Å². The predicted molar refractivity (Wildman–Crippen MR) is 70.1 cm³/mol. The molecule has 3 heteroatoms. The van der Waals surface area contributed by atoms with Crippen molar-refractivity contribution in [1.82, 2.24) is 0 Å². The summed E-state index contributed by atoms with van der Waals surface area (Å²) in [6, 6.07) is 5.68. The van der Waals surface area contributed by atoms with Crippen LogP contribution in [0.2, 0.25) is 5.02 Å². The molecule has 0 aromatic heterocycles. The first kappa shape index (κ1) is 12.2. The molecule has 0 saturated carbocycles. The standard InChI is InChI=1S/C12H11BrClN/c1-3-4-5-8-15(2)12-7-6-10(14)9-11(12)13/h5-9H,1-2H3/b8-5-. The molecule has 15 heavy (non-hydrogen) atoms. The van der Waals surface area contributed by atoms with Gasteiger partial charge in [0.2, 0.25) is 0 Å². The SMILES string of the molecule is CC#C/C=C\N(C)c1ccc(Cl)cc1Br. The summed E-state index contributed by atoms with van der Waals surface area (Å²) in [6.07, 6.45) is 3.71. The van der Waals surface area contributed by atoms with Crippen molar-refractivity contribution in [3.63, 3.8) is 0 Å². The highest BCUT2D eigenvalue weighted by Crippen LogP contribution is 2.28. The van der Waals surface area contributed by atoms with E-state index in [4.69, 9.17) is 11.6 Å². The number of rotatable bonds is 2. The van der Waals surface area contributed by atoms with E-state index < -0.39 is 0 Å². The van der Waals surface area contributed by atoms with Crippen LogP contribution in [0.15, 0.2) is 34.9 Å². The minimum absolute atomic E-state index is 0.719. The van der Waals surface area contributed by atoms with Crippen molar-refractivity contribution in [1.29, 1.82) is 0 Å². The van der Waals surface area contributed by atoms with E-state index in [1.54, 1.807) is 6.08 Å². The van der Waals surface area contributed by atoms with Gasteiger partial charge in [-0.15, -0.1) is 5.92 Å². The molecule has 0 atom stereocenters. The molecule has 1 aromatic carbocycles. The fourth-order valence-electron chi connectivity index (χ4n) is 1.08. The number of benzene rings is 1. The van der Waals surface area contributed by atoms with Gasteiger partial charge in [0.15, 0.2) is 0 Å². The number of hydrogen-bond donors (Lipinski definition) is 0. The Bertz CT molecular complexity index is 429. The molecule has 0 heterocycles. The first-order valence-electron chi connectivity index (χ1n) is 4.42. The normalized spacial score (nSPS) is 9.87. The number of anilines is 1. The lowest BCUT2D eigenvalue weighted by atomic mass is 10.3. The molecule has 1 nitrogen and oxygen atoms in total. The molecule has 0 aliphatic heterocycles. The topological polar surface area (TPSA) is 3.24 Å². The summed E-state index contributed by atoms with van der Waals surface area (Å²) in [7, 11) is 1.96. The average molecular weight is 285 g/mol. The van der Waals surface area contributed by atoms with Crippen molar-refractivity contribution in [3.05, 3.63) is 40.0 Å². The molecule has 0 N–H and O–H groups in total. The van der Waals surface area contributed by atoms with E-state index in [1.807, 2.05) is 43.3 Å². The number of allylic oxidation sites excluding steroid dienone is 1. The van der Waals surface area contributed by atoms with E-state index in [9.17, 15) is 0 Å². The third-order valence-electron chi connectivity index (χ3n) is 1.82. The fraction of sp³-hybridized carbons (Fsp3) is 0.167. The van der Waals surface area contributed by atoms with Crippen LogP contribution in [0.25, 0.3) is 0 Å². The zero-order valence-electron chi connectivity index (χ0n) is 8.59. The number of halogens is 2. The van der Waals surface area contributed by atoms with Crippen LogP contribution in [-0.4, -0.2) is 7.05 Å². The third-order valence-corrected chi connectivity index (χ3v) is 2.69. The van der Waals surface area contributed by atoms with Gasteiger partial charge < -0.3 is 4.90 Å². The predicted octanol–water partition coefficient (Wildman–Crippen LogP) is 4.08. The Morgan fingerprint density at radius 3 is 2.80 bits per heavy atom. The first-order valence-corrected chi connectivity index (χ1v) is 5.59. The highest BCUT2D eigenvalue weighted by Gasteiger charge is 2.02. The minimum Gasteiger partial charge on any atom is -0.349 e. The van der Waals surface area contributed by atoms with Crippen molar-refractivity contribution < 1.29 is 0 Å². The van der Waals surface area contributed by atoms with Gasteiger partial charge in [0.1, 0.15) is 0 Å². The highest BCUT2D eigenvalue weighted by atomic mass is 79.9. The fourth-order valence-corrected chi connectivity index (χ4v) is 2.04. The Balaban J connectivity index is 2.89. The second-order valence-electron chi connectivity index (χ2n) is 2.92. The zero-order chi connectivity index (χ0) is 11.3. The molecule has 0 unspecified atom stereocenters. The van der Waals surface area contributed by atoms with E-state index in [2.05, 4.69) is 27.8 Å². The molecule has 1 rings (SSSR count). The summed E-state index contributed by atoms with van der Waals surface area (Å²) in [5.41, 5.74) is 1.05. The van der Waals surface area contributed by atoms with E-state index in [0.717, 1.165) is 15.2 Å². The maximum Gasteiger partial charge on any atom is 0.0549 e. The number of hydrogen-bond acceptors (Lipinski definition) is 1. The first-order chi connectivity index (χ1) is 7.15. The Labute approximate surface area is 104 Å². The minimum atomic E-state index is 0.719. The molecule has 0 spiro atoms. The molecule has 0 aliphatic rings. The lowest BCUT2D eigenvalue weighted by Crippen LogP contribution is -2.07. The van der Waals surface area contributed by atoms with Crippen LogP contribution in [-0.2, 0) is 0 Å². The lowest BCUT2D eigenvalue weighted by molar-refractivity contribution is 1.20. The Hall–Kier alpha value is -0.910. The van der Waals surface area contributed by atoms with Gasteiger partial charge in [-0.3, -0.25) is 0 Å². The quantitative estimate of drug-likeness (QED) is 0.740. The summed E-state index contributed by atoms with van der Waals surface area (Å²) >= 11 is 9.32. The van der Waals surface area contributed by atoms with Gasteiger partial charge in [0, 0.05) is 28.8 Å². The smallest absolute Gasteiger partial charge is 0.0549 e. The molecule has 0 fully saturated rings. The van der Waals surface area contributed by atoms with Gasteiger partial charge >= 0.3 is 0 Å². The molecule has 0 aliphatic carbocycles. The van der Waals surface area contributed by atoms with E-state index >= 15 is 0 Å². The van der Waals surface area contributed by atoms with Gasteiger partial charge in [-0.25, -0.2) is 0 Å². The van der Waals surface area contributed by atoms with Gasteiger partial charge in [0.25, 0.3) is 0 Å². The Kier molecular flexibility index (Phi) is 4.74. The Morgan fingerprint density at radius 2 is 2.20 bits per heavy atom. The van der Waals surface area contributed by atoms with Crippen molar-refractivity contribution in [2.45, 2.75) is 6.92 Å². The summed E-state index contributed by atoms with van der Waals surface area (Å²) in [5, 5.41) is 0.719. The molecule has 78 valence electrons. The molecular weight excluding hydrogens is 273 g/mol. The average Bonchev–Trinajstić information content (AvgIpc) is 2.17. The van der Waals surface area contributed by atoms with Crippen LogP contribution < -0.4 is 4.90 Å². The maximum absolute atomic E-state index is 5.86. The second kappa shape index (κ2) is 5.85. The van der Waals surface area contributed by atoms with Crippen LogP contribution in [0.3, 0.4) is 0 Å². The molecular formula is C12H11BrClN. The van der Waals surface area contributed by atoms with E-state index in [0.29, 0.717) is 0 Å². The van der Waals surface area contributed by atoms with E-state index in [-0.39, 0.29) is 0 Å². The van der Waals surface area contributed by atoms with Crippen LogP contribution in [0.4, 0.5) is 5.69 Å². The maximum atomic E-state index is 5.86. The number of nitrogens with zero attached hydrogens (tertiary/aromatic N) is 1. The largest absolute Gasteiger partial charge is 0.349 e. The van der Waals surface area contributed by atoms with Crippen LogP contribution in [0.5, 0.6) is 0 Å². The molecule has 0 radical (unpaired) electrons. The van der Waals surface area contributed by atoms with Crippen molar-refractivity contribution in [3.8, 4) is 11.8 Å². The lowest BCUT2D eigenvalue weighted by Gasteiger charge is -2.15. The van der Waals surface area contributed by atoms with Gasteiger partial charge in [0.05, 0.1) is 5.69 Å². The van der Waals surface area contributed by atoms with Gasteiger partial charge in [-0.1, -0.05) is 17.5 Å². The van der Waals surface area contributed by atoms with Crippen molar-refractivity contribution in [2.75, 3.05) is 11.9 Å². The highest BCUT2D eigenvalue weighted by molar-refractivity contribution is 9.10. The zero-order valence-corrected chi connectivity index (χ0v) is 10.9. The summed E-state index contributed by atoms with van der Waals surface area (Å²) in [4.78, 5) is 1.98. The monoisotopic (exact) mass is 283 g/mol. The third kappa shape index (κ3) is 3.62. The Morgan fingerprint density at radius 1 is 1.47 bits per heavy atom. The van der Waals surface area contributed by atoms with Crippen LogP contribution in [0.1, 0.15) is 6.92 Å². The molecule has 0 saturated heterocycles. The van der Waals surface area contributed by atoms with Crippen molar-refractivity contribution in [2.24, 2.45) is 0 Å². The van der Waals surface area contributed by atoms with Crippen LogP contribution in [0, 0.1) is 11.8 Å². The van der Waals surface area contributed by atoms with E-state index in [1.165, 1.54) is 0 Å².